The molecule has 1 aliphatic carbocycles. The van der Waals surface area contributed by atoms with Gasteiger partial charge in [-0.05, 0) is 84.8 Å². The summed E-state index contributed by atoms with van der Waals surface area (Å²) in [5, 5.41) is 4.30. The molecule has 1 aliphatic heterocycles. The molecule has 0 spiro atoms. The number of benzene rings is 3. The van der Waals surface area contributed by atoms with Gasteiger partial charge in [0.25, 0.3) is 0 Å². The zero-order chi connectivity index (χ0) is 27.3. The van der Waals surface area contributed by atoms with E-state index in [1.807, 2.05) is 42.1 Å². The first-order chi connectivity index (χ1) is 18.8. The van der Waals surface area contributed by atoms with Crippen molar-refractivity contribution in [3.8, 4) is 33.9 Å². The van der Waals surface area contributed by atoms with Crippen molar-refractivity contribution in [3.63, 3.8) is 0 Å². The number of methoxy groups -OCH3 is 1. The number of hydrogen-bond acceptors (Lipinski definition) is 5. The van der Waals surface area contributed by atoms with Gasteiger partial charge in [-0.2, -0.15) is 5.10 Å². The van der Waals surface area contributed by atoms with Crippen molar-refractivity contribution in [2.45, 2.75) is 45.1 Å². The second-order valence-electron chi connectivity index (χ2n) is 10.4. The molecule has 0 unspecified atom stereocenters. The number of carbonyl (C=O) groups is 1. The Morgan fingerprint density at radius 3 is 2.64 bits per heavy atom. The van der Waals surface area contributed by atoms with E-state index in [0.717, 1.165) is 51.1 Å². The Hall–Kier alpha value is -4.13. The second kappa shape index (κ2) is 9.88. The van der Waals surface area contributed by atoms with Crippen LogP contribution in [-0.4, -0.2) is 29.5 Å². The minimum absolute atomic E-state index is 0.0375. The molecule has 0 amide bonds. The van der Waals surface area contributed by atoms with Crippen LogP contribution >= 0.6 is 0 Å². The van der Waals surface area contributed by atoms with Gasteiger partial charge in [0.2, 0.25) is 0 Å². The van der Waals surface area contributed by atoms with Crippen LogP contribution in [0.3, 0.4) is 0 Å². The lowest BCUT2D eigenvalue weighted by molar-refractivity contribution is -0.141. The number of fused-ring (bicyclic) bond motifs is 2. The van der Waals surface area contributed by atoms with Crippen molar-refractivity contribution in [2.75, 3.05) is 13.7 Å². The highest BCUT2D eigenvalue weighted by molar-refractivity contribution is 5.79. The monoisotopic (exact) mass is 526 g/mol. The lowest BCUT2D eigenvalue weighted by Crippen LogP contribution is -2.09. The third kappa shape index (κ3) is 4.46. The van der Waals surface area contributed by atoms with Crippen LogP contribution in [0.15, 0.2) is 54.7 Å². The predicted octanol–water partition coefficient (Wildman–Crippen LogP) is 6.62. The minimum Gasteiger partial charge on any atom is -0.492 e. The summed E-state index contributed by atoms with van der Waals surface area (Å²) in [6.45, 7) is 4.65. The fraction of sp³-hybridized carbons (Fsp3) is 0.312. The van der Waals surface area contributed by atoms with Crippen molar-refractivity contribution in [2.24, 2.45) is 7.05 Å². The van der Waals surface area contributed by atoms with E-state index in [1.54, 1.807) is 12.3 Å². The van der Waals surface area contributed by atoms with E-state index in [4.69, 9.17) is 14.2 Å². The fourth-order valence-corrected chi connectivity index (χ4v) is 6.17. The van der Waals surface area contributed by atoms with E-state index >= 15 is 4.39 Å². The molecule has 0 fully saturated rings. The Bertz CT molecular complexity index is 1570. The zero-order valence-corrected chi connectivity index (χ0v) is 22.6. The number of halogens is 1. The number of rotatable bonds is 6. The molecule has 2 atom stereocenters. The maximum Gasteiger partial charge on any atom is 0.306 e. The topological polar surface area (TPSA) is 62.6 Å². The van der Waals surface area contributed by atoms with Crippen LogP contribution in [0.4, 0.5) is 4.39 Å². The van der Waals surface area contributed by atoms with E-state index in [0.29, 0.717) is 30.1 Å². The van der Waals surface area contributed by atoms with Crippen LogP contribution in [-0.2, 0) is 23.0 Å². The number of aryl methyl sites for hydroxylation is 3. The van der Waals surface area contributed by atoms with E-state index in [1.165, 1.54) is 7.11 Å². The summed E-state index contributed by atoms with van der Waals surface area (Å²) in [6.07, 6.45) is 3.11. The second-order valence-corrected chi connectivity index (χ2v) is 10.4. The molecule has 2 heterocycles. The summed E-state index contributed by atoms with van der Waals surface area (Å²) >= 11 is 0. The first kappa shape index (κ1) is 25.2. The molecule has 1 aromatic heterocycles. The highest BCUT2D eigenvalue weighted by atomic mass is 19.1. The van der Waals surface area contributed by atoms with Crippen molar-refractivity contribution in [3.05, 3.63) is 88.4 Å². The van der Waals surface area contributed by atoms with Crippen molar-refractivity contribution in [1.29, 1.82) is 0 Å². The Kier molecular flexibility index (Phi) is 6.37. The summed E-state index contributed by atoms with van der Waals surface area (Å²) in [5.41, 5.74) is 9.26. The van der Waals surface area contributed by atoms with Gasteiger partial charge in [-0.15, -0.1) is 0 Å². The zero-order valence-electron chi connectivity index (χ0n) is 22.6. The van der Waals surface area contributed by atoms with Crippen LogP contribution in [0.1, 0.15) is 52.7 Å². The average Bonchev–Trinajstić information content (AvgIpc) is 3.64. The Labute approximate surface area is 227 Å². The van der Waals surface area contributed by atoms with Crippen molar-refractivity contribution in [1.82, 2.24) is 9.78 Å². The molecule has 3 aromatic carbocycles. The van der Waals surface area contributed by atoms with Gasteiger partial charge in [-0.1, -0.05) is 12.1 Å². The number of aromatic nitrogens is 2. The third-order valence-electron chi connectivity index (χ3n) is 7.99. The highest BCUT2D eigenvalue weighted by Crippen LogP contribution is 2.45. The van der Waals surface area contributed by atoms with E-state index < -0.39 is 0 Å². The Morgan fingerprint density at radius 2 is 1.92 bits per heavy atom. The molecule has 2 aliphatic rings. The molecule has 39 heavy (non-hydrogen) atoms. The Morgan fingerprint density at radius 1 is 1.13 bits per heavy atom. The van der Waals surface area contributed by atoms with Crippen LogP contribution in [0, 0.1) is 19.7 Å². The van der Waals surface area contributed by atoms with Crippen molar-refractivity contribution >= 4 is 5.97 Å². The molecular weight excluding hydrogens is 495 g/mol. The number of carbonyl (C=O) groups excluding carboxylic acids is 1. The van der Waals surface area contributed by atoms with Crippen LogP contribution in [0.25, 0.3) is 22.4 Å². The normalized spacial score (nSPS) is 17.5. The maximum atomic E-state index is 15.3. The molecule has 6 nitrogen and oxygen atoms in total. The highest BCUT2D eigenvalue weighted by Gasteiger charge is 2.32. The SMILES string of the molecule is COC(=O)C[C@@H]1COc2cc(O[C@@H]3CCc4c(-c5c(C)cc(-c6ccnn6C)cc5C)ccc(F)c43)ccc21. The molecule has 0 radical (unpaired) electrons. The number of hydrogen-bond donors (Lipinski definition) is 0. The van der Waals surface area contributed by atoms with Gasteiger partial charge in [0.1, 0.15) is 23.4 Å². The van der Waals surface area contributed by atoms with Gasteiger partial charge in [0.15, 0.2) is 0 Å². The molecule has 0 bridgehead atoms. The Balaban J connectivity index is 1.30. The van der Waals surface area contributed by atoms with E-state index in [9.17, 15) is 4.79 Å². The third-order valence-corrected chi connectivity index (χ3v) is 7.99. The molecule has 7 heteroatoms. The summed E-state index contributed by atoms with van der Waals surface area (Å²) < 4.78 is 34.2. The summed E-state index contributed by atoms with van der Waals surface area (Å²) in [4.78, 5) is 11.7. The average molecular weight is 527 g/mol. The number of ether oxygens (including phenoxy) is 3. The predicted molar refractivity (Wildman–Crippen MR) is 147 cm³/mol. The van der Waals surface area contributed by atoms with Gasteiger partial charge in [0, 0.05) is 41.9 Å². The number of nitrogens with zero attached hydrogens (tertiary/aromatic N) is 2. The number of esters is 1. The molecule has 4 aromatic rings. The summed E-state index contributed by atoms with van der Waals surface area (Å²) in [6, 6.07) is 15.5. The van der Waals surface area contributed by atoms with Gasteiger partial charge in [-0.25, -0.2) is 4.39 Å². The van der Waals surface area contributed by atoms with Gasteiger partial charge in [-0.3, -0.25) is 9.48 Å². The van der Waals surface area contributed by atoms with Gasteiger partial charge in [0.05, 0.1) is 25.8 Å². The smallest absolute Gasteiger partial charge is 0.306 e. The lowest BCUT2D eigenvalue weighted by Gasteiger charge is -2.19. The quantitative estimate of drug-likeness (QED) is 0.265. The molecule has 6 rings (SSSR count). The van der Waals surface area contributed by atoms with Crippen LogP contribution in [0.2, 0.25) is 0 Å². The minimum atomic E-state index is -0.389. The summed E-state index contributed by atoms with van der Waals surface area (Å²) in [7, 11) is 3.33. The van der Waals surface area contributed by atoms with Crippen molar-refractivity contribution < 1.29 is 23.4 Å². The molecule has 0 saturated carbocycles. The molecular formula is C32H31FN2O4. The molecule has 200 valence electrons. The van der Waals surface area contributed by atoms with E-state index in [2.05, 4.69) is 31.1 Å². The van der Waals surface area contributed by atoms with Gasteiger partial charge < -0.3 is 14.2 Å². The van der Waals surface area contributed by atoms with E-state index in [-0.39, 0.29) is 30.2 Å². The lowest BCUT2D eigenvalue weighted by atomic mass is 9.88. The molecule has 0 saturated heterocycles. The standard InChI is InChI=1S/C32H31FN2O4/c1-18-13-20(27-11-12-34-35(27)3)14-19(2)31(18)24-7-9-26(33)32-25(24)8-10-28(32)39-22-5-6-23-21(15-30(36)37-4)17-38-29(23)16-22/h5-7,9,11-14,16,21,28H,8,10,15,17H2,1-4H3/t21-,28-/m1/s1. The molecule has 0 N–H and O–H groups in total. The first-order valence-corrected chi connectivity index (χ1v) is 13.3. The van der Waals surface area contributed by atoms with Crippen LogP contribution < -0.4 is 9.47 Å². The van der Waals surface area contributed by atoms with Crippen LogP contribution in [0.5, 0.6) is 11.5 Å². The summed E-state index contributed by atoms with van der Waals surface area (Å²) in [5.74, 6) is 0.789. The maximum absolute atomic E-state index is 15.3. The fourth-order valence-electron chi connectivity index (χ4n) is 6.17. The first-order valence-electron chi connectivity index (χ1n) is 13.3. The van der Waals surface area contributed by atoms with Gasteiger partial charge >= 0.3 is 5.97 Å². The largest absolute Gasteiger partial charge is 0.492 e.